The van der Waals surface area contributed by atoms with Gasteiger partial charge in [0.25, 0.3) is 11.8 Å². The quantitative estimate of drug-likeness (QED) is 0.348. The smallest absolute Gasteiger partial charge is 0.337 e. The number of methoxy groups -OCH3 is 3. The van der Waals surface area contributed by atoms with Gasteiger partial charge in [-0.3, -0.25) is 14.4 Å². The number of hydrogen-bond acceptors (Lipinski definition) is 8. The van der Waals surface area contributed by atoms with E-state index in [1.165, 1.54) is 62.8 Å². The summed E-state index contributed by atoms with van der Waals surface area (Å²) < 4.78 is 20.7. The van der Waals surface area contributed by atoms with Crippen LogP contribution in [0.15, 0.2) is 65.3 Å². The molecule has 0 saturated carbocycles. The van der Waals surface area contributed by atoms with Gasteiger partial charge in [0.2, 0.25) is 5.91 Å². The molecule has 10 nitrogen and oxygen atoms in total. The highest BCUT2D eigenvalue weighted by Gasteiger charge is 2.45. The van der Waals surface area contributed by atoms with Crippen LogP contribution in [0, 0.1) is 0 Å². The second-order valence-electron chi connectivity index (χ2n) is 7.91. The van der Waals surface area contributed by atoms with Crippen LogP contribution in [-0.4, -0.2) is 56.0 Å². The third-order valence-corrected chi connectivity index (χ3v) is 5.84. The third kappa shape index (κ3) is 4.65. The number of furan rings is 1. The number of carbonyl (C=O) groups is 4. The monoisotopic (exact) mass is 492 g/mol. The van der Waals surface area contributed by atoms with Crippen LogP contribution in [-0.2, 0) is 20.9 Å². The topological polar surface area (TPSA) is 116 Å². The molecule has 1 aromatic heterocycles. The standard InChI is InChI=1S/C26H24N2O8/c1-33-21-11-8-17(13-22(21)34-2)24(30)27(15-19-5-4-12-36-19)20-14-23(29)28(25(20)31)18-9-6-16(7-10-18)26(32)35-3/h4-13,20H,14-15H2,1-3H3. The molecule has 1 fully saturated rings. The number of imide groups is 1. The first-order valence-electron chi connectivity index (χ1n) is 11.0. The fourth-order valence-corrected chi connectivity index (χ4v) is 4.02. The number of benzene rings is 2. The molecular weight excluding hydrogens is 468 g/mol. The average molecular weight is 492 g/mol. The van der Waals surface area contributed by atoms with E-state index in [0.29, 0.717) is 17.3 Å². The van der Waals surface area contributed by atoms with Gasteiger partial charge in [0.15, 0.2) is 11.5 Å². The number of nitrogens with zero attached hydrogens (tertiary/aromatic N) is 2. The second kappa shape index (κ2) is 10.3. The fraction of sp³-hybridized carbons (Fsp3) is 0.231. The Balaban J connectivity index is 1.66. The minimum absolute atomic E-state index is 0.0288. The predicted molar refractivity (Wildman–Crippen MR) is 127 cm³/mol. The molecule has 0 spiro atoms. The Morgan fingerprint density at radius 1 is 0.972 bits per heavy atom. The maximum atomic E-state index is 13.6. The highest BCUT2D eigenvalue weighted by Crippen LogP contribution is 2.31. The zero-order valence-electron chi connectivity index (χ0n) is 19.9. The van der Waals surface area contributed by atoms with Crippen LogP contribution in [0.5, 0.6) is 11.5 Å². The molecule has 36 heavy (non-hydrogen) atoms. The average Bonchev–Trinajstić information content (AvgIpc) is 3.53. The summed E-state index contributed by atoms with van der Waals surface area (Å²) in [7, 11) is 4.20. The summed E-state index contributed by atoms with van der Waals surface area (Å²) in [6.45, 7) is -0.0288. The van der Waals surface area contributed by atoms with Crippen LogP contribution >= 0.6 is 0 Å². The van der Waals surface area contributed by atoms with Gasteiger partial charge in [0.05, 0.1) is 51.8 Å². The number of amides is 3. The van der Waals surface area contributed by atoms with E-state index >= 15 is 0 Å². The van der Waals surface area contributed by atoms with Gasteiger partial charge in [-0.1, -0.05) is 0 Å². The first-order valence-corrected chi connectivity index (χ1v) is 11.0. The zero-order valence-corrected chi connectivity index (χ0v) is 19.9. The normalized spacial score (nSPS) is 15.1. The van der Waals surface area contributed by atoms with Crippen molar-refractivity contribution in [3.63, 3.8) is 0 Å². The van der Waals surface area contributed by atoms with Crippen LogP contribution in [0.4, 0.5) is 5.69 Å². The SMILES string of the molecule is COC(=O)c1ccc(N2C(=O)CC(N(Cc3ccco3)C(=O)c3ccc(OC)c(OC)c3)C2=O)cc1. The van der Waals surface area contributed by atoms with E-state index in [1.54, 1.807) is 24.3 Å². The largest absolute Gasteiger partial charge is 0.493 e. The van der Waals surface area contributed by atoms with Gasteiger partial charge in [-0.05, 0) is 54.6 Å². The van der Waals surface area contributed by atoms with Crippen LogP contribution in [0.1, 0.15) is 32.9 Å². The van der Waals surface area contributed by atoms with Gasteiger partial charge in [-0.25, -0.2) is 9.69 Å². The molecule has 3 aromatic rings. The molecule has 1 saturated heterocycles. The molecule has 1 aliphatic heterocycles. The molecule has 3 amide bonds. The van der Waals surface area contributed by atoms with Crippen LogP contribution in [0.25, 0.3) is 0 Å². The Hall–Kier alpha value is -4.60. The first kappa shape index (κ1) is 24.5. The molecule has 1 aliphatic rings. The lowest BCUT2D eigenvalue weighted by Crippen LogP contribution is -2.45. The van der Waals surface area contributed by atoms with Gasteiger partial charge in [0, 0.05) is 5.56 Å². The Morgan fingerprint density at radius 3 is 2.28 bits per heavy atom. The highest BCUT2D eigenvalue weighted by atomic mass is 16.5. The van der Waals surface area contributed by atoms with Gasteiger partial charge in [0.1, 0.15) is 11.8 Å². The zero-order chi connectivity index (χ0) is 25.8. The summed E-state index contributed by atoms with van der Waals surface area (Å²) in [5.41, 5.74) is 0.817. The molecule has 0 aliphatic carbocycles. The second-order valence-corrected chi connectivity index (χ2v) is 7.91. The summed E-state index contributed by atoms with van der Waals surface area (Å²) >= 11 is 0. The summed E-state index contributed by atoms with van der Waals surface area (Å²) in [5, 5.41) is 0. The van der Waals surface area contributed by atoms with Crippen molar-refractivity contribution in [1.82, 2.24) is 4.90 Å². The molecule has 10 heteroatoms. The maximum absolute atomic E-state index is 13.6. The van der Waals surface area contributed by atoms with Gasteiger partial charge < -0.3 is 23.5 Å². The van der Waals surface area contributed by atoms with Crippen molar-refractivity contribution in [1.29, 1.82) is 0 Å². The van der Waals surface area contributed by atoms with Crippen LogP contribution in [0.2, 0.25) is 0 Å². The van der Waals surface area contributed by atoms with Crippen molar-refractivity contribution in [2.75, 3.05) is 26.2 Å². The van der Waals surface area contributed by atoms with Crippen molar-refractivity contribution >= 4 is 29.4 Å². The van der Waals surface area contributed by atoms with Crippen molar-refractivity contribution in [2.24, 2.45) is 0 Å². The molecular formula is C26H24N2O8. The number of anilines is 1. The fourth-order valence-electron chi connectivity index (χ4n) is 4.02. The van der Waals surface area contributed by atoms with Crippen molar-refractivity contribution < 1.29 is 37.8 Å². The van der Waals surface area contributed by atoms with Crippen LogP contribution < -0.4 is 14.4 Å². The number of hydrogen-bond donors (Lipinski definition) is 0. The third-order valence-electron chi connectivity index (χ3n) is 5.84. The summed E-state index contributed by atoms with van der Waals surface area (Å²) in [4.78, 5) is 54.1. The van der Waals surface area contributed by atoms with Crippen molar-refractivity contribution in [3.05, 3.63) is 77.7 Å². The van der Waals surface area contributed by atoms with E-state index in [2.05, 4.69) is 4.74 Å². The number of rotatable bonds is 8. The minimum atomic E-state index is -1.07. The van der Waals surface area contributed by atoms with E-state index in [4.69, 9.17) is 13.9 Å². The molecule has 1 unspecified atom stereocenters. The lowest BCUT2D eigenvalue weighted by molar-refractivity contribution is -0.122. The Labute approximate surface area is 206 Å². The van der Waals surface area contributed by atoms with E-state index < -0.39 is 29.7 Å². The predicted octanol–water partition coefficient (Wildman–Crippen LogP) is 3.06. The molecule has 186 valence electrons. The Morgan fingerprint density at radius 2 is 1.67 bits per heavy atom. The van der Waals surface area contributed by atoms with Gasteiger partial charge >= 0.3 is 5.97 Å². The highest BCUT2D eigenvalue weighted by molar-refractivity contribution is 6.23. The summed E-state index contributed by atoms with van der Waals surface area (Å²) in [5.74, 6) is -0.815. The van der Waals surface area contributed by atoms with Gasteiger partial charge in [-0.15, -0.1) is 0 Å². The van der Waals surface area contributed by atoms with E-state index in [9.17, 15) is 19.2 Å². The lowest BCUT2D eigenvalue weighted by Gasteiger charge is -2.27. The van der Waals surface area contributed by atoms with E-state index in [0.717, 1.165) is 4.90 Å². The van der Waals surface area contributed by atoms with E-state index in [-0.39, 0.29) is 29.8 Å². The molecule has 0 N–H and O–H groups in total. The summed E-state index contributed by atoms with van der Waals surface area (Å²) in [6, 6.07) is 12.8. The Kier molecular flexibility index (Phi) is 7.05. The number of esters is 1. The minimum Gasteiger partial charge on any atom is -0.493 e. The van der Waals surface area contributed by atoms with Crippen molar-refractivity contribution in [2.45, 2.75) is 19.0 Å². The summed E-state index contributed by atoms with van der Waals surface area (Å²) in [6.07, 6.45) is 1.25. The molecule has 4 rings (SSSR count). The van der Waals surface area contributed by atoms with Crippen LogP contribution in [0.3, 0.4) is 0 Å². The molecule has 0 bridgehead atoms. The molecule has 2 heterocycles. The molecule has 2 aromatic carbocycles. The van der Waals surface area contributed by atoms with E-state index in [1.807, 2.05) is 0 Å². The van der Waals surface area contributed by atoms with Crippen molar-refractivity contribution in [3.8, 4) is 11.5 Å². The Bertz CT molecular complexity index is 1280. The lowest BCUT2D eigenvalue weighted by atomic mass is 10.1. The molecule has 0 radical (unpaired) electrons. The number of carbonyl (C=O) groups excluding carboxylic acids is 4. The van der Waals surface area contributed by atoms with Gasteiger partial charge in [-0.2, -0.15) is 0 Å². The first-order chi connectivity index (χ1) is 17.4. The maximum Gasteiger partial charge on any atom is 0.337 e. The number of ether oxygens (including phenoxy) is 3. The molecule has 1 atom stereocenters.